The van der Waals surface area contributed by atoms with Crippen molar-refractivity contribution in [1.82, 2.24) is 4.90 Å². The van der Waals surface area contributed by atoms with Crippen LogP contribution in [0.5, 0.6) is 0 Å². The Kier molecular flexibility index (Phi) is 3.25. The lowest BCUT2D eigenvalue weighted by Crippen LogP contribution is -2.40. The summed E-state index contributed by atoms with van der Waals surface area (Å²) in [7, 11) is 3.85. The molecule has 0 bridgehead atoms. The number of benzene rings is 1. The van der Waals surface area contributed by atoms with E-state index in [0.717, 1.165) is 25.1 Å². The monoisotopic (exact) mass is 218 g/mol. The summed E-state index contributed by atoms with van der Waals surface area (Å²) in [4.78, 5) is 15.9. The molecule has 16 heavy (non-hydrogen) atoms. The molecule has 0 fully saturated rings. The van der Waals surface area contributed by atoms with Crippen molar-refractivity contribution in [2.45, 2.75) is 12.8 Å². The van der Waals surface area contributed by atoms with Gasteiger partial charge in [-0.15, -0.1) is 0 Å². The van der Waals surface area contributed by atoms with Crippen LogP contribution in [0.25, 0.3) is 0 Å². The molecule has 0 aromatic heterocycles. The second-order valence-electron chi connectivity index (χ2n) is 4.52. The van der Waals surface area contributed by atoms with Crippen molar-refractivity contribution >= 4 is 11.6 Å². The Morgan fingerprint density at radius 1 is 1.38 bits per heavy atom. The predicted octanol–water partition coefficient (Wildman–Crippen LogP) is 1.53. The Labute approximate surface area is 96.7 Å². The van der Waals surface area contributed by atoms with E-state index in [9.17, 15) is 4.79 Å². The summed E-state index contributed by atoms with van der Waals surface area (Å²) in [5.74, 6) is 0.192. The maximum atomic E-state index is 12.1. The third kappa shape index (κ3) is 2.25. The summed E-state index contributed by atoms with van der Waals surface area (Å²) in [6, 6.07) is 8.20. The average molecular weight is 218 g/mol. The minimum atomic E-state index is 0.192. The molecule has 0 spiro atoms. The highest BCUT2D eigenvalue weighted by Gasteiger charge is 2.21. The fourth-order valence-electron chi connectivity index (χ4n) is 2.15. The van der Waals surface area contributed by atoms with Gasteiger partial charge in [-0.3, -0.25) is 4.79 Å². The van der Waals surface area contributed by atoms with Gasteiger partial charge in [-0.05, 0) is 38.6 Å². The first-order valence-corrected chi connectivity index (χ1v) is 5.71. The highest BCUT2D eigenvalue weighted by molar-refractivity contribution is 5.95. The van der Waals surface area contributed by atoms with Crippen LogP contribution in [-0.2, 0) is 11.2 Å². The number of anilines is 1. The molecule has 0 saturated carbocycles. The number of carbonyl (C=O) groups is 1. The lowest BCUT2D eigenvalue weighted by molar-refractivity contribution is -0.119. The highest BCUT2D eigenvalue weighted by atomic mass is 16.2. The molecule has 0 N–H and O–H groups in total. The van der Waals surface area contributed by atoms with E-state index in [0.29, 0.717) is 6.54 Å². The summed E-state index contributed by atoms with van der Waals surface area (Å²) in [5.41, 5.74) is 2.39. The Hall–Kier alpha value is -1.35. The number of carbonyl (C=O) groups excluding carboxylic acids is 1. The molecule has 3 heteroatoms. The smallest absolute Gasteiger partial charge is 0.241 e. The summed E-state index contributed by atoms with van der Waals surface area (Å²) < 4.78 is 0. The maximum absolute atomic E-state index is 12.1. The predicted molar refractivity (Wildman–Crippen MR) is 65.7 cm³/mol. The molecular formula is C13H18N2O. The van der Waals surface area contributed by atoms with Crippen molar-refractivity contribution in [2.75, 3.05) is 32.1 Å². The summed E-state index contributed by atoms with van der Waals surface area (Å²) >= 11 is 0. The van der Waals surface area contributed by atoms with E-state index >= 15 is 0 Å². The van der Waals surface area contributed by atoms with Crippen LogP contribution in [0.1, 0.15) is 12.0 Å². The average Bonchev–Trinajstić information content (AvgIpc) is 2.27. The highest BCUT2D eigenvalue weighted by Crippen LogP contribution is 2.26. The minimum Gasteiger partial charge on any atom is -0.311 e. The quantitative estimate of drug-likeness (QED) is 0.751. The van der Waals surface area contributed by atoms with Gasteiger partial charge in [0, 0.05) is 12.2 Å². The van der Waals surface area contributed by atoms with Crippen LogP contribution in [0.4, 0.5) is 5.69 Å². The summed E-state index contributed by atoms with van der Waals surface area (Å²) in [6.45, 7) is 1.33. The number of fused-ring (bicyclic) bond motifs is 1. The number of aryl methyl sites for hydroxylation is 1. The molecule has 1 aliphatic heterocycles. The van der Waals surface area contributed by atoms with E-state index in [1.165, 1.54) is 5.56 Å². The van der Waals surface area contributed by atoms with Gasteiger partial charge in [-0.25, -0.2) is 0 Å². The lowest BCUT2D eigenvalue weighted by atomic mass is 10.0. The first kappa shape index (κ1) is 11.1. The van der Waals surface area contributed by atoms with Gasteiger partial charge in [-0.2, -0.15) is 0 Å². The van der Waals surface area contributed by atoms with Gasteiger partial charge >= 0.3 is 0 Å². The van der Waals surface area contributed by atoms with Gasteiger partial charge in [0.1, 0.15) is 0 Å². The van der Waals surface area contributed by atoms with E-state index in [4.69, 9.17) is 0 Å². The molecule has 0 unspecified atom stereocenters. The van der Waals surface area contributed by atoms with E-state index in [-0.39, 0.29) is 5.91 Å². The Morgan fingerprint density at radius 2 is 2.12 bits per heavy atom. The number of likely N-dealkylation sites (N-methyl/N-ethyl adjacent to an activating group) is 1. The molecule has 1 heterocycles. The number of hydrogen-bond donors (Lipinski definition) is 0. The van der Waals surface area contributed by atoms with Gasteiger partial charge in [0.05, 0.1) is 6.54 Å². The van der Waals surface area contributed by atoms with Crippen LogP contribution in [0.15, 0.2) is 24.3 Å². The lowest BCUT2D eigenvalue weighted by Gasteiger charge is -2.30. The zero-order valence-corrected chi connectivity index (χ0v) is 9.94. The van der Waals surface area contributed by atoms with Crippen LogP contribution in [-0.4, -0.2) is 38.0 Å². The van der Waals surface area contributed by atoms with E-state index in [2.05, 4.69) is 6.07 Å². The van der Waals surface area contributed by atoms with E-state index < -0.39 is 0 Å². The van der Waals surface area contributed by atoms with E-state index in [1.54, 1.807) is 0 Å². The Morgan fingerprint density at radius 3 is 2.88 bits per heavy atom. The van der Waals surface area contributed by atoms with Crippen molar-refractivity contribution in [3.05, 3.63) is 29.8 Å². The van der Waals surface area contributed by atoms with Crippen LogP contribution in [0, 0.1) is 0 Å². The molecular weight excluding hydrogens is 200 g/mol. The standard InChI is InChI=1S/C13H18N2O/c1-14(2)10-13(16)15-9-5-7-11-6-3-4-8-12(11)15/h3-4,6,8H,5,7,9-10H2,1-2H3. The van der Waals surface area contributed by atoms with Crippen molar-refractivity contribution in [3.63, 3.8) is 0 Å². The third-order valence-corrected chi connectivity index (χ3v) is 2.86. The molecule has 86 valence electrons. The number of hydrogen-bond acceptors (Lipinski definition) is 2. The van der Waals surface area contributed by atoms with Crippen molar-refractivity contribution in [2.24, 2.45) is 0 Å². The number of nitrogens with zero attached hydrogens (tertiary/aromatic N) is 2. The third-order valence-electron chi connectivity index (χ3n) is 2.86. The summed E-state index contributed by atoms with van der Waals surface area (Å²) in [6.07, 6.45) is 2.15. The molecule has 0 aliphatic carbocycles. The normalized spacial score (nSPS) is 15.1. The first-order chi connectivity index (χ1) is 7.68. The summed E-state index contributed by atoms with van der Waals surface area (Å²) in [5, 5.41) is 0. The Balaban J connectivity index is 2.21. The van der Waals surface area contributed by atoms with Gasteiger partial charge in [0.2, 0.25) is 5.91 Å². The zero-order valence-electron chi connectivity index (χ0n) is 9.94. The molecule has 3 nitrogen and oxygen atoms in total. The van der Waals surface area contributed by atoms with Gasteiger partial charge in [0.15, 0.2) is 0 Å². The van der Waals surface area contributed by atoms with Crippen LogP contribution in [0.3, 0.4) is 0 Å². The van der Waals surface area contributed by atoms with Gasteiger partial charge < -0.3 is 9.80 Å². The van der Waals surface area contributed by atoms with Crippen molar-refractivity contribution in [1.29, 1.82) is 0 Å². The maximum Gasteiger partial charge on any atom is 0.241 e. The molecule has 0 radical (unpaired) electrons. The molecule has 1 aromatic carbocycles. The van der Waals surface area contributed by atoms with Crippen molar-refractivity contribution < 1.29 is 4.79 Å². The van der Waals surface area contributed by atoms with Gasteiger partial charge in [0.25, 0.3) is 0 Å². The molecule has 2 rings (SSSR count). The molecule has 1 amide bonds. The van der Waals surface area contributed by atoms with Gasteiger partial charge in [-0.1, -0.05) is 18.2 Å². The fourth-order valence-corrected chi connectivity index (χ4v) is 2.15. The van der Waals surface area contributed by atoms with E-state index in [1.807, 2.05) is 42.1 Å². The Bertz CT molecular complexity index is 387. The minimum absolute atomic E-state index is 0.192. The number of rotatable bonds is 2. The molecule has 0 atom stereocenters. The number of amides is 1. The second-order valence-corrected chi connectivity index (χ2v) is 4.52. The van der Waals surface area contributed by atoms with Crippen LogP contribution < -0.4 is 4.90 Å². The SMILES string of the molecule is CN(C)CC(=O)N1CCCc2ccccc21. The van der Waals surface area contributed by atoms with Crippen LogP contribution in [0.2, 0.25) is 0 Å². The largest absolute Gasteiger partial charge is 0.311 e. The fraction of sp³-hybridized carbons (Fsp3) is 0.462. The van der Waals surface area contributed by atoms with Crippen molar-refractivity contribution in [3.8, 4) is 0 Å². The zero-order chi connectivity index (χ0) is 11.5. The van der Waals surface area contributed by atoms with Crippen LogP contribution >= 0.6 is 0 Å². The topological polar surface area (TPSA) is 23.6 Å². The first-order valence-electron chi connectivity index (χ1n) is 5.71. The molecule has 1 aliphatic rings. The molecule has 0 saturated heterocycles. The second kappa shape index (κ2) is 4.66. The number of para-hydroxylation sites is 1. The molecule has 1 aromatic rings.